The maximum absolute atomic E-state index is 14.1. The summed E-state index contributed by atoms with van der Waals surface area (Å²) >= 11 is 0. The Morgan fingerprint density at radius 2 is 1.84 bits per heavy atom. The standard InChI is InChI=1S/C30H43FN4O7S/c1-20-17-35(21(2)19-36)29(37)26-16-25(33-43(5,39)40)13-14-27(26)42-22(3)8-6-7-15-41-28(20)18-34(4)30(38)32-24-11-9-23(31)10-12-24/h9-14,16,20-22,28,33,36H,6-8,15,17-19H2,1-5H3,(H,32,38)/t20-,21-,22+,28+/m0/s1. The minimum atomic E-state index is -3.60. The first kappa shape index (κ1) is 34.1. The van der Waals surface area contributed by atoms with Gasteiger partial charge >= 0.3 is 6.03 Å². The van der Waals surface area contributed by atoms with Crippen molar-refractivity contribution in [3.05, 3.63) is 53.8 Å². The Labute approximate surface area is 253 Å². The molecule has 0 unspecified atom stereocenters. The van der Waals surface area contributed by atoms with Crippen molar-refractivity contribution in [3.63, 3.8) is 0 Å². The number of ether oxygens (including phenoxy) is 2. The summed E-state index contributed by atoms with van der Waals surface area (Å²) in [6.07, 6.45) is 2.58. The van der Waals surface area contributed by atoms with E-state index in [0.29, 0.717) is 24.5 Å². The molecule has 3 amide bonds. The van der Waals surface area contributed by atoms with E-state index in [1.165, 1.54) is 40.1 Å². The Bertz CT molecular complexity index is 1340. The molecule has 3 rings (SSSR count). The zero-order chi connectivity index (χ0) is 31.7. The van der Waals surface area contributed by atoms with Gasteiger partial charge in [0.15, 0.2) is 0 Å². The van der Waals surface area contributed by atoms with Crippen LogP contribution in [0.2, 0.25) is 0 Å². The Balaban J connectivity index is 1.90. The molecule has 11 nitrogen and oxygen atoms in total. The molecular formula is C30H43FN4O7S. The van der Waals surface area contributed by atoms with Crippen LogP contribution in [0.5, 0.6) is 5.75 Å². The van der Waals surface area contributed by atoms with Crippen molar-refractivity contribution < 1.29 is 37.0 Å². The van der Waals surface area contributed by atoms with Crippen LogP contribution >= 0.6 is 0 Å². The number of benzene rings is 2. The zero-order valence-corrected chi connectivity index (χ0v) is 26.2. The molecule has 0 saturated carbocycles. The number of aliphatic hydroxyl groups excluding tert-OH is 1. The summed E-state index contributed by atoms with van der Waals surface area (Å²) in [5, 5.41) is 12.8. The van der Waals surface area contributed by atoms with Crippen LogP contribution in [-0.4, -0.2) is 93.1 Å². The molecular weight excluding hydrogens is 579 g/mol. The van der Waals surface area contributed by atoms with Crippen molar-refractivity contribution in [1.29, 1.82) is 0 Å². The predicted molar refractivity (Wildman–Crippen MR) is 163 cm³/mol. The Morgan fingerprint density at radius 3 is 2.49 bits per heavy atom. The highest BCUT2D eigenvalue weighted by Crippen LogP contribution is 2.29. The summed E-state index contributed by atoms with van der Waals surface area (Å²) in [7, 11) is -1.97. The van der Waals surface area contributed by atoms with E-state index in [1.54, 1.807) is 26.1 Å². The summed E-state index contributed by atoms with van der Waals surface area (Å²) in [5.41, 5.74) is 0.830. The third-order valence-corrected chi connectivity index (χ3v) is 7.86. The first-order chi connectivity index (χ1) is 20.3. The number of nitrogens with one attached hydrogen (secondary N) is 2. The Kier molecular flexibility index (Phi) is 12.2. The lowest BCUT2D eigenvalue weighted by Gasteiger charge is -2.35. The maximum Gasteiger partial charge on any atom is 0.321 e. The lowest BCUT2D eigenvalue weighted by Crippen LogP contribution is -2.48. The number of nitrogens with zero attached hydrogens (tertiary/aromatic N) is 2. The molecule has 4 atom stereocenters. The second-order valence-corrected chi connectivity index (χ2v) is 13.0. The van der Waals surface area contributed by atoms with Crippen LogP contribution in [0.3, 0.4) is 0 Å². The van der Waals surface area contributed by atoms with Crippen LogP contribution in [0.1, 0.15) is 50.4 Å². The van der Waals surface area contributed by atoms with Crippen LogP contribution < -0.4 is 14.8 Å². The van der Waals surface area contributed by atoms with Crippen molar-refractivity contribution in [2.45, 2.75) is 58.3 Å². The highest BCUT2D eigenvalue weighted by atomic mass is 32.2. The number of carbonyl (C=O) groups is 2. The minimum absolute atomic E-state index is 0.165. The number of hydrogen-bond donors (Lipinski definition) is 3. The highest BCUT2D eigenvalue weighted by molar-refractivity contribution is 7.92. The predicted octanol–water partition coefficient (Wildman–Crippen LogP) is 4.16. The molecule has 0 bridgehead atoms. The van der Waals surface area contributed by atoms with Crippen LogP contribution in [0.25, 0.3) is 0 Å². The molecule has 0 aromatic heterocycles. The van der Waals surface area contributed by atoms with Gasteiger partial charge in [-0.2, -0.15) is 0 Å². The number of sulfonamides is 1. The van der Waals surface area contributed by atoms with Gasteiger partial charge in [-0.1, -0.05) is 6.92 Å². The van der Waals surface area contributed by atoms with E-state index in [-0.39, 0.29) is 43.0 Å². The molecule has 0 radical (unpaired) electrons. The van der Waals surface area contributed by atoms with Crippen LogP contribution in [0, 0.1) is 11.7 Å². The number of rotatable bonds is 7. The zero-order valence-electron chi connectivity index (χ0n) is 25.4. The lowest BCUT2D eigenvalue weighted by atomic mass is 10.0. The van der Waals surface area contributed by atoms with E-state index in [2.05, 4.69) is 10.0 Å². The molecule has 1 aliphatic heterocycles. The molecule has 0 spiro atoms. The third-order valence-electron chi connectivity index (χ3n) is 7.25. The number of anilines is 2. The van der Waals surface area contributed by atoms with Crippen molar-refractivity contribution >= 4 is 33.3 Å². The molecule has 238 valence electrons. The molecule has 3 N–H and O–H groups in total. The lowest BCUT2D eigenvalue weighted by molar-refractivity contribution is -0.0115. The Hall–Kier alpha value is -3.42. The molecule has 1 aliphatic rings. The molecule has 43 heavy (non-hydrogen) atoms. The fourth-order valence-corrected chi connectivity index (χ4v) is 5.32. The quantitative estimate of drug-likeness (QED) is 0.422. The van der Waals surface area contributed by atoms with Gasteiger partial charge in [0.05, 0.1) is 36.7 Å². The van der Waals surface area contributed by atoms with E-state index >= 15 is 0 Å². The summed E-state index contributed by atoms with van der Waals surface area (Å²) in [5.74, 6) is -0.800. The first-order valence-electron chi connectivity index (χ1n) is 14.4. The number of carbonyl (C=O) groups excluding carboxylic acids is 2. The van der Waals surface area contributed by atoms with Gasteiger partial charge in [-0.05, 0) is 75.6 Å². The molecule has 0 fully saturated rings. The molecule has 2 aromatic carbocycles. The highest BCUT2D eigenvalue weighted by Gasteiger charge is 2.31. The van der Waals surface area contributed by atoms with Crippen molar-refractivity contribution in [1.82, 2.24) is 9.80 Å². The van der Waals surface area contributed by atoms with Crippen LogP contribution in [0.15, 0.2) is 42.5 Å². The third kappa shape index (κ3) is 10.4. The number of aliphatic hydroxyl groups is 1. The largest absolute Gasteiger partial charge is 0.490 e. The van der Waals surface area contributed by atoms with Gasteiger partial charge < -0.3 is 29.7 Å². The summed E-state index contributed by atoms with van der Waals surface area (Å²) in [6.45, 7) is 6.05. The number of urea groups is 1. The van der Waals surface area contributed by atoms with E-state index in [9.17, 15) is 27.5 Å². The van der Waals surface area contributed by atoms with E-state index in [0.717, 1.165) is 19.1 Å². The summed E-state index contributed by atoms with van der Waals surface area (Å²) < 4.78 is 51.9. The average molecular weight is 623 g/mol. The van der Waals surface area contributed by atoms with Crippen molar-refractivity contribution in [2.75, 3.05) is 49.6 Å². The second-order valence-electron chi connectivity index (χ2n) is 11.2. The fraction of sp³-hybridized carbons (Fsp3) is 0.533. The van der Waals surface area contributed by atoms with Gasteiger partial charge in [0.1, 0.15) is 11.6 Å². The van der Waals surface area contributed by atoms with Crippen molar-refractivity contribution in [2.24, 2.45) is 5.92 Å². The Morgan fingerprint density at radius 1 is 1.16 bits per heavy atom. The van der Waals surface area contributed by atoms with Gasteiger partial charge in [0.25, 0.3) is 5.91 Å². The van der Waals surface area contributed by atoms with Crippen LogP contribution in [0.4, 0.5) is 20.6 Å². The fourth-order valence-electron chi connectivity index (χ4n) is 4.77. The van der Waals surface area contributed by atoms with Crippen LogP contribution in [-0.2, 0) is 14.8 Å². The van der Waals surface area contributed by atoms with E-state index in [1.807, 2.05) is 13.8 Å². The second kappa shape index (κ2) is 15.3. The van der Waals surface area contributed by atoms with Crippen molar-refractivity contribution in [3.8, 4) is 5.75 Å². The van der Waals surface area contributed by atoms with Gasteiger partial charge in [0.2, 0.25) is 10.0 Å². The number of amides is 3. The van der Waals surface area contributed by atoms with Gasteiger partial charge in [-0.3, -0.25) is 9.52 Å². The normalized spacial score (nSPS) is 21.1. The molecule has 2 aromatic rings. The summed E-state index contributed by atoms with van der Waals surface area (Å²) in [6, 6.07) is 9.05. The van der Waals surface area contributed by atoms with Gasteiger partial charge in [-0.15, -0.1) is 0 Å². The van der Waals surface area contributed by atoms with Gasteiger partial charge in [-0.25, -0.2) is 17.6 Å². The molecule has 1 heterocycles. The summed E-state index contributed by atoms with van der Waals surface area (Å²) in [4.78, 5) is 30.0. The van der Waals surface area contributed by atoms with E-state index < -0.39 is 39.9 Å². The minimum Gasteiger partial charge on any atom is -0.490 e. The maximum atomic E-state index is 14.1. The van der Waals surface area contributed by atoms with Gasteiger partial charge in [0, 0.05) is 44.0 Å². The average Bonchev–Trinajstić information content (AvgIpc) is 2.94. The topological polar surface area (TPSA) is 138 Å². The first-order valence-corrected chi connectivity index (χ1v) is 16.3. The number of hydrogen-bond acceptors (Lipinski definition) is 7. The number of likely N-dealkylation sites (N-methyl/N-ethyl adjacent to an activating group) is 1. The van der Waals surface area contributed by atoms with E-state index in [4.69, 9.17) is 9.47 Å². The molecule has 0 saturated heterocycles. The monoisotopic (exact) mass is 622 g/mol. The SMILES string of the molecule is C[C@@H]1CCCCO[C@H](CN(C)C(=O)Nc2ccc(F)cc2)[C@@H](C)CN([C@@H](C)CO)C(=O)c2cc(NS(C)(=O)=O)ccc2O1. The number of fused-ring (bicyclic) bond motifs is 1. The number of halogens is 1. The molecule has 13 heteroatoms. The smallest absolute Gasteiger partial charge is 0.321 e. The molecule has 0 aliphatic carbocycles.